The van der Waals surface area contributed by atoms with E-state index in [1.165, 1.54) is 19.3 Å². The summed E-state index contributed by atoms with van der Waals surface area (Å²) in [7, 11) is 0. The second-order valence-electron chi connectivity index (χ2n) is 6.06. The van der Waals surface area contributed by atoms with Crippen molar-refractivity contribution in [2.45, 2.75) is 39.0 Å². The standard InChI is InChI=1S/C17H23N5/c1-13(2)15-10-16(20-12-19-15)21-14-6-7-17(18-11-14)22-8-4-3-5-9-22/h6-7,10-13H,3-5,8-9H2,1-2H3,(H,19,20,21). The van der Waals surface area contributed by atoms with Crippen LogP contribution >= 0.6 is 0 Å². The first-order chi connectivity index (χ1) is 10.7. The van der Waals surface area contributed by atoms with E-state index in [4.69, 9.17) is 0 Å². The lowest BCUT2D eigenvalue weighted by Gasteiger charge is -2.27. The Balaban J connectivity index is 1.69. The van der Waals surface area contributed by atoms with E-state index in [1.807, 2.05) is 12.3 Å². The minimum absolute atomic E-state index is 0.392. The molecule has 22 heavy (non-hydrogen) atoms. The van der Waals surface area contributed by atoms with Crippen LogP contribution in [0.5, 0.6) is 0 Å². The topological polar surface area (TPSA) is 53.9 Å². The quantitative estimate of drug-likeness (QED) is 0.932. The first-order valence-electron chi connectivity index (χ1n) is 8.02. The minimum Gasteiger partial charge on any atom is -0.357 e. The molecule has 3 rings (SSSR count). The molecule has 2 aromatic heterocycles. The molecule has 1 fully saturated rings. The Morgan fingerprint density at radius 1 is 1.05 bits per heavy atom. The van der Waals surface area contributed by atoms with Crippen molar-refractivity contribution in [3.05, 3.63) is 36.4 Å². The van der Waals surface area contributed by atoms with Gasteiger partial charge in [0, 0.05) is 24.8 Å². The average molecular weight is 297 g/mol. The maximum absolute atomic E-state index is 4.58. The first kappa shape index (κ1) is 14.8. The van der Waals surface area contributed by atoms with Crippen LogP contribution in [0.25, 0.3) is 0 Å². The van der Waals surface area contributed by atoms with Gasteiger partial charge in [0.1, 0.15) is 18.0 Å². The number of hydrogen-bond acceptors (Lipinski definition) is 5. The molecule has 1 aliphatic rings. The molecule has 1 aliphatic heterocycles. The Hall–Kier alpha value is -2.17. The van der Waals surface area contributed by atoms with Crippen LogP contribution in [0, 0.1) is 0 Å². The van der Waals surface area contributed by atoms with E-state index in [-0.39, 0.29) is 0 Å². The lowest BCUT2D eigenvalue weighted by atomic mass is 10.1. The number of rotatable bonds is 4. The van der Waals surface area contributed by atoms with Gasteiger partial charge in [0.25, 0.3) is 0 Å². The maximum Gasteiger partial charge on any atom is 0.134 e. The summed E-state index contributed by atoms with van der Waals surface area (Å²) < 4.78 is 0. The lowest BCUT2D eigenvalue weighted by molar-refractivity contribution is 0.573. The number of anilines is 3. The zero-order chi connectivity index (χ0) is 15.4. The summed E-state index contributed by atoms with van der Waals surface area (Å²) in [4.78, 5) is 15.5. The van der Waals surface area contributed by atoms with Gasteiger partial charge in [0.2, 0.25) is 0 Å². The monoisotopic (exact) mass is 297 g/mol. The highest BCUT2D eigenvalue weighted by Crippen LogP contribution is 2.21. The Bertz CT molecular complexity index is 603. The summed E-state index contributed by atoms with van der Waals surface area (Å²) in [6, 6.07) is 6.13. The van der Waals surface area contributed by atoms with Crippen LogP contribution in [0.4, 0.5) is 17.3 Å². The summed E-state index contributed by atoms with van der Waals surface area (Å²) in [6.45, 7) is 6.48. The van der Waals surface area contributed by atoms with Crippen molar-refractivity contribution in [3.63, 3.8) is 0 Å². The predicted octanol–water partition coefficient (Wildman–Crippen LogP) is 3.73. The normalized spacial score (nSPS) is 15.1. The van der Waals surface area contributed by atoms with Gasteiger partial charge < -0.3 is 10.2 Å². The van der Waals surface area contributed by atoms with E-state index < -0.39 is 0 Å². The van der Waals surface area contributed by atoms with Gasteiger partial charge in [-0.05, 0) is 37.3 Å². The van der Waals surface area contributed by atoms with Crippen LogP contribution in [-0.4, -0.2) is 28.0 Å². The molecule has 0 aromatic carbocycles. The van der Waals surface area contributed by atoms with Gasteiger partial charge in [-0.3, -0.25) is 0 Å². The minimum atomic E-state index is 0.392. The molecule has 0 saturated carbocycles. The summed E-state index contributed by atoms with van der Waals surface area (Å²) in [5.41, 5.74) is 1.99. The van der Waals surface area contributed by atoms with Gasteiger partial charge in [-0.1, -0.05) is 13.8 Å². The van der Waals surface area contributed by atoms with E-state index in [1.54, 1.807) is 6.33 Å². The molecule has 116 valence electrons. The third kappa shape index (κ3) is 3.53. The van der Waals surface area contributed by atoms with Crippen LogP contribution in [0.2, 0.25) is 0 Å². The maximum atomic E-state index is 4.58. The van der Waals surface area contributed by atoms with Crippen molar-refractivity contribution in [1.29, 1.82) is 0 Å². The molecule has 1 saturated heterocycles. The first-order valence-corrected chi connectivity index (χ1v) is 8.02. The third-order valence-electron chi connectivity index (χ3n) is 3.98. The van der Waals surface area contributed by atoms with Gasteiger partial charge in [-0.15, -0.1) is 0 Å². The van der Waals surface area contributed by atoms with Crippen molar-refractivity contribution < 1.29 is 0 Å². The van der Waals surface area contributed by atoms with E-state index in [0.29, 0.717) is 5.92 Å². The lowest BCUT2D eigenvalue weighted by Crippen LogP contribution is -2.29. The van der Waals surface area contributed by atoms with Crippen molar-refractivity contribution in [3.8, 4) is 0 Å². The van der Waals surface area contributed by atoms with Crippen LogP contribution in [0.3, 0.4) is 0 Å². The molecule has 1 N–H and O–H groups in total. The fourth-order valence-electron chi connectivity index (χ4n) is 2.67. The van der Waals surface area contributed by atoms with E-state index in [0.717, 1.165) is 36.1 Å². The molecule has 0 spiro atoms. The average Bonchev–Trinajstić information content (AvgIpc) is 2.56. The molecular formula is C17H23N5. The summed E-state index contributed by atoms with van der Waals surface area (Å²) in [6.07, 6.45) is 7.34. The smallest absolute Gasteiger partial charge is 0.134 e. The van der Waals surface area contributed by atoms with Gasteiger partial charge >= 0.3 is 0 Å². The third-order valence-corrected chi connectivity index (χ3v) is 3.98. The summed E-state index contributed by atoms with van der Waals surface area (Å²) >= 11 is 0. The highest BCUT2D eigenvalue weighted by atomic mass is 15.2. The van der Waals surface area contributed by atoms with Crippen LogP contribution in [0.15, 0.2) is 30.7 Å². The van der Waals surface area contributed by atoms with E-state index >= 15 is 0 Å². The molecule has 5 nitrogen and oxygen atoms in total. The fourth-order valence-corrected chi connectivity index (χ4v) is 2.67. The van der Waals surface area contributed by atoms with Crippen molar-refractivity contribution in [2.24, 2.45) is 0 Å². The van der Waals surface area contributed by atoms with Crippen LogP contribution in [0.1, 0.15) is 44.7 Å². The van der Waals surface area contributed by atoms with Gasteiger partial charge in [-0.2, -0.15) is 0 Å². The number of hydrogen-bond donors (Lipinski definition) is 1. The molecule has 0 atom stereocenters. The van der Waals surface area contributed by atoms with Crippen LogP contribution in [-0.2, 0) is 0 Å². The molecule has 0 radical (unpaired) electrons. The van der Waals surface area contributed by atoms with E-state index in [2.05, 4.69) is 51.1 Å². The van der Waals surface area contributed by atoms with Crippen LogP contribution < -0.4 is 10.2 Å². The molecule has 0 amide bonds. The number of pyridine rings is 1. The van der Waals surface area contributed by atoms with Crippen molar-refractivity contribution in [2.75, 3.05) is 23.3 Å². The molecule has 3 heterocycles. The van der Waals surface area contributed by atoms with E-state index in [9.17, 15) is 0 Å². The Kier molecular flexibility index (Phi) is 4.51. The predicted molar refractivity (Wildman–Crippen MR) is 89.7 cm³/mol. The zero-order valence-electron chi connectivity index (χ0n) is 13.3. The molecule has 0 bridgehead atoms. The Morgan fingerprint density at radius 2 is 1.86 bits per heavy atom. The molecule has 0 unspecified atom stereocenters. The number of piperidine rings is 1. The molecular weight excluding hydrogens is 274 g/mol. The fraction of sp³-hybridized carbons (Fsp3) is 0.471. The zero-order valence-corrected chi connectivity index (χ0v) is 13.3. The highest BCUT2D eigenvalue weighted by molar-refractivity contribution is 5.57. The molecule has 5 heteroatoms. The molecule has 2 aromatic rings. The Labute approximate surface area is 131 Å². The SMILES string of the molecule is CC(C)c1cc(Nc2ccc(N3CCCCC3)nc2)ncn1. The number of nitrogens with zero attached hydrogens (tertiary/aromatic N) is 4. The Morgan fingerprint density at radius 3 is 2.55 bits per heavy atom. The molecule has 0 aliphatic carbocycles. The van der Waals surface area contributed by atoms with Gasteiger partial charge in [-0.25, -0.2) is 15.0 Å². The number of aromatic nitrogens is 3. The summed E-state index contributed by atoms with van der Waals surface area (Å²) in [5, 5.41) is 3.30. The second kappa shape index (κ2) is 6.73. The number of nitrogens with one attached hydrogen (secondary N) is 1. The van der Waals surface area contributed by atoms with Crippen molar-refractivity contribution in [1.82, 2.24) is 15.0 Å². The van der Waals surface area contributed by atoms with Gasteiger partial charge in [0.05, 0.1) is 11.9 Å². The van der Waals surface area contributed by atoms with Gasteiger partial charge in [0.15, 0.2) is 0 Å². The second-order valence-corrected chi connectivity index (χ2v) is 6.06. The van der Waals surface area contributed by atoms with Crippen molar-refractivity contribution >= 4 is 17.3 Å². The summed E-state index contributed by atoms with van der Waals surface area (Å²) in [5.74, 6) is 2.27. The highest BCUT2D eigenvalue weighted by Gasteiger charge is 2.11. The largest absolute Gasteiger partial charge is 0.357 e.